The summed E-state index contributed by atoms with van der Waals surface area (Å²) in [6.45, 7) is 4.25. The lowest BCUT2D eigenvalue weighted by molar-refractivity contribution is 0.551. The molecule has 0 aliphatic heterocycles. The minimum absolute atomic E-state index is 0.197. The number of nitrogens with two attached hydrogens (primary N) is 1. The van der Waals surface area contributed by atoms with Gasteiger partial charge in [-0.2, -0.15) is 11.3 Å². The van der Waals surface area contributed by atoms with Gasteiger partial charge >= 0.3 is 0 Å². The summed E-state index contributed by atoms with van der Waals surface area (Å²) in [6, 6.07) is 8.77. The summed E-state index contributed by atoms with van der Waals surface area (Å²) in [6.07, 6.45) is 0.926. The van der Waals surface area contributed by atoms with Crippen LogP contribution in [0.5, 0.6) is 0 Å². The van der Waals surface area contributed by atoms with Crippen LogP contribution in [0.1, 0.15) is 28.3 Å². The van der Waals surface area contributed by atoms with E-state index in [-0.39, 0.29) is 6.04 Å². The predicted molar refractivity (Wildman–Crippen MR) is 74.0 cm³/mol. The van der Waals surface area contributed by atoms with Crippen LogP contribution in [-0.2, 0) is 6.42 Å². The highest BCUT2D eigenvalue weighted by molar-refractivity contribution is 7.08. The molecule has 1 aromatic carbocycles. The van der Waals surface area contributed by atoms with Gasteiger partial charge in [-0.1, -0.05) is 29.8 Å². The van der Waals surface area contributed by atoms with Crippen LogP contribution in [0.4, 0.5) is 0 Å². The van der Waals surface area contributed by atoms with Gasteiger partial charge in [0.2, 0.25) is 0 Å². The van der Waals surface area contributed by atoms with Crippen LogP contribution < -0.4 is 11.3 Å². The lowest BCUT2D eigenvalue weighted by Crippen LogP contribution is -2.29. The Bertz CT molecular complexity index is 490. The maximum Gasteiger partial charge on any atom is 0.0511 e. The molecule has 0 spiro atoms. The first kappa shape index (κ1) is 12.3. The second kappa shape index (κ2) is 5.45. The minimum atomic E-state index is 0.197. The average Bonchev–Trinajstić information content (AvgIpc) is 2.72. The van der Waals surface area contributed by atoms with Crippen LogP contribution in [0, 0.1) is 13.8 Å². The van der Waals surface area contributed by atoms with Crippen LogP contribution in [0.15, 0.2) is 35.0 Å². The monoisotopic (exact) mass is 246 g/mol. The van der Waals surface area contributed by atoms with Crippen molar-refractivity contribution >= 4 is 11.3 Å². The van der Waals surface area contributed by atoms with E-state index in [2.05, 4.69) is 54.3 Å². The molecule has 0 radical (unpaired) electrons. The number of hydrogen-bond acceptors (Lipinski definition) is 3. The van der Waals surface area contributed by atoms with E-state index < -0.39 is 0 Å². The van der Waals surface area contributed by atoms with Gasteiger partial charge in [-0.25, -0.2) is 0 Å². The molecule has 0 aliphatic rings. The van der Waals surface area contributed by atoms with Crippen molar-refractivity contribution in [1.82, 2.24) is 5.43 Å². The molecular formula is C14H18N2S. The molecule has 0 bridgehead atoms. The van der Waals surface area contributed by atoms with E-state index in [0.29, 0.717) is 0 Å². The lowest BCUT2D eigenvalue weighted by atomic mass is 9.98. The molecule has 0 saturated heterocycles. The fraction of sp³-hybridized carbons (Fsp3) is 0.286. The van der Waals surface area contributed by atoms with Crippen LogP contribution in [-0.4, -0.2) is 0 Å². The molecule has 1 aromatic heterocycles. The first-order valence-electron chi connectivity index (χ1n) is 5.75. The van der Waals surface area contributed by atoms with Crippen molar-refractivity contribution in [2.75, 3.05) is 0 Å². The van der Waals surface area contributed by atoms with Gasteiger partial charge in [-0.15, -0.1) is 0 Å². The maximum atomic E-state index is 5.67. The Morgan fingerprint density at radius 3 is 2.71 bits per heavy atom. The Morgan fingerprint density at radius 2 is 2.12 bits per heavy atom. The van der Waals surface area contributed by atoms with Crippen molar-refractivity contribution < 1.29 is 0 Å². The number of benzene rings is 1. The van der Waals surface area contributed by atoms with Gasteiger partial charge in [-0.3, -0.25) is 11.3 Å². The molecule has 0 saturated carbocycles. The fourth-order valence-corrected chi connectivity index (χ4v) is 2.97. The zero-order valence-corrected chi connectivity index (χ0v) is 11.1. The summed E-state index contributed by atoms with van der Waals surface area (Å²) in [5, 5.41) is 4.34. The van der Waals surface area contributed by atoms with Crippen LogP contribution in [0.3, 0.4) is 0 Å². The van der Waals surface area contributed by atoms with Crippen molar-refractivity contribution in [3.05, 3.63) is 57.3 Å². The number of nitrogens with one attached hydrogen (secondary N) is 1. The third-order valence-corrected chi connectivity index (χ3v) is 3.87. The molecule has 0 fully saturated rings. The van der Waals surface area contributed by atoms with E-state index >= 15 is 0 Å². The summed E-state index contributed by atoms with van der Waals surface area (Å²) < 4.78 is 0. The van der Waals surface area contributed by atoms with Crippen LogP contribution in [0.2, 0.25) is 0 Å². The quantitative estimate of drug-likeness (QED) is 0.642. The smallest absolute Gasteiger partial charge is 0.0511 e. The number of aryl methyl sites for hydroxylation is 2. The van der Waals surface area contributed by atoms with E-state index in [4.69, 9.17) is 5.84 Å². The molecule has 90 valence electrons. The Morgan fingerprint density at radius 1 is 1.29 bits per heavy atom. The summed E-state index contributed by atoms with van der Waals surface area (Å²) >= 11 is 1.73. The first-order chi connectivity index (χ1) is 8.20. The van der Waals surface area contributed by atoms with Crippen molar-refractivity contribution in [3.63, 3.8) is 0 Å². The van der Waals surface area contributed by atoms with Gasteiger partial charge in [0.1, 0.15) is 0 Å². The minimum Gasteiger partial charge on any atom is -0.271 e. The highest BCUT2D eigenvalue weighted by Crippen LogP contribution is 2.24. The summed E-state index contributed by atoms with van der Waals surface area (Å²) in [7, 11) is 0. The molecule has 0 aliphatic carbocycles. The number of thiophene rings is 1. The first-order valence-corrected chi connectivity index (χ1v) is 6.69. The lowest BCUT2D eigenvalue weighted by Gasteiger charge is -2.16. The molecule has 0 amide bonds. The van der Waals surface area contributed by atoms with Crippen LogP contribution >= 0.6 is 11.3 Å². The Balaban J connectivity index is 2.19. The van der Waals surface area contributed by atoms with E-state index in [0.717, 1.165) is 6.42 Å². The van der Waals surface area contributed by atoms with E-state index in [1.165, 1.54) is 22.3 Å². The molecular weight excluding hydrogens is 228 g/mol. The molecule has 1 unspecified atom stereocenters. The summed E-state index contributed by atoms with van der Waals surface area (Å²) in [4.78, 5) is 0. The van der Waals surface area contributed by atoms with E-state index in [9.17, 15) is 0 Å². The van der Waals surface area contributed by atoms with Crippen molar-refractivity contribution in [1.29, 1.82) is 0 Å². The van der Waals surface area contributed by atoms with Crippen molar-refractivity contribution in [2.45, 2.75) is 26.3 Å². The molecule has 17 heavy (non-hydrogen) atoms. The number of hydrogen-bond donors (Lipinski definition) is 2. The predicted octanol–water partition coefficient (Wildman–Crippen LogP) is 3.11. The van der Waals surface area contributed by atoms with Crippen molar-refractivity contribution in [2.24, 2.45) is 5.84 Å². The largest absolute Gasteiger partial charge is 0.271 e. The second-order valence-corrected chi connectivity index (χ2v) is 5.17. The van der Waals surface area contributed by atoms with E-state index in [1.54, 1.807) is 11.3 Å². The Hall–Kier alpha value is -1.16. The Labute approximate surface area is 106 Å². The van der Waals surface area contributed by atoms with Gasteiger partial charge in [0.15, 0.2) is 0 Å². The summed E-state index contributed by atoms with van der Waals surface area (Å²) in [5.41, 5.74) is 8.15. The maximum absolute atomic E-state index is 5.67. The second-order valence-electron chi connectivity index (χ2n) is 4.42. The van der Waals surface area contributed by atoms with Gasteiger partial charge in [-0.05, 0) is 47.7 Å². The molecule has 3 N–H and O–H groups in total. The molecule has 1 atom stereocenters. The van der Waals surface area contributed by atoms with Gasteiger partial charge in [0, 0.05) is 0 Å². The standard InChI is InChI=1S/C14H18N2S/c1-10-4-3-5-12(6-10)7-14(16-15)13-9-17-8-11(13)2/h3-6,8-9,14,16H,7,15H2,1-2H3. The fourth-order valence-electron chi connectivity index (χ4n) is 2.06. The molecule has 1 heterocycles. The molecule has 2 rings (SSSR count). The van der Waals surface area contributed by atoms with E-state index in [1.807, 2.05) is 0 Å². The van der Waals surface area contributed by atoms with Gasteiger partial charge < -0.3 is 0 Å². The van der Waals surface area contributed by atoms with Gasteiger partial charge in [0.05, 0.1) is 6.04 Å². The zero-order valence-electron chi connectivity index (χ0n) is 10.2. The van der Waals surface area contributed by atoms with Gasteiger partial charge in [0.25, 0.3) is 0 Å². The van der Waals surface area contributed by atoms with Crippen molar-refractivity contribution in [3.8, 4) is 0 Å². The number of rotatable bonds is 4. The molecule has 3 heteroatoms. The highest BCUT2D eigenvalue weighted by Gasteiger charge is 2.13. The Kier molecular flexibility index (Phi) is 3.94. The number of hydrazine groups is 1. The van der Waals surface area contributed by atoms with Crippen LogP contribution in [0.25, 0.3) is 0 Å². The SMILES string of the molecule is Cc1cccc(CC(NN)c2cscc2C)c1. The normalized spacial score (nSPS) is 12.6. The summed E-state index contributed by atoms with van der Waals surface area (Å²) in [5.74, 6) is 5.67. The average molecular weight is 246 g/mol. The third kappa shape index (κ3) is 2.94. The molecule has 2 nitrogen and oxygen atoms in total. The zero-order chi connectivity index (χ0) is 12.3. The molecule has 2 aromatic rings. The topological polar surface area (TPSA) is 38.0 Å². The highest BCUT2D eigenvalue weighted by atomic mass is 32.1. The third-order valence-electron chi connectivity index (χ3n) is 2.99.